The minimum atomic E-state index is -0.726. The van der Waals surface area contributed by atoms with Gasteiger partial charge < -0.3 is 21.1 Å². The van der Waals surface area contributed by atoms with Crippen LogP contribution < -0.4 is 16.4 Å². The number of benzene rings is 1. The number of anilines is 1. The van der Waals surface area contributed by atoms with E-state index in [1.165, 1.54) is 7.11 Å². The molecule has 20 heavy (non-hydrogen) atoms. The molecule has 1 rings (SSSR count). The molecule has 0 radical (unpaired) electrons. The summed E-state index contributed by atoms with van der Waals surface area (Å²) in [6, 6.07) is 5.79. The minimum Gasteiger partial charge on any atom is -0.383 e. The van der Waals surface area contributed by atoms with Crippen molar-refractivity contribution in [2.45, 2.75) is 6.04 Å². The number of carbonyl (C=O) groups excluding carboxylic acids is 2. The molecule has 6 heteroatoms. The lowest BCUT2D eigenvalue weighted by Crippen LogP contribution is -2.39. The van der Waals surface area contributed by atoms with Crippen molar-refractivity contribution in [3.8, 4) is 0 Å². The van der Waals surface area contributed by atoms with Crippen molar-refractivity contribution in [3.05, 3.63) is 42.5 Å². The molecular formula is C14H19N3O3. The monoisotopic (exact) mass is 277 g/mol. The van der Waals surface area contributed by atoms with Gasteiger partial charge in [0.1, 0.15) is 6.04 Å². The number of hydrogen-bond donors (Lipinski definition) is 3. The normalized spacial score (nSPS) is 11.5. The van der Waals surface area contributed by atoms with Crippen LogP contribution in [0.15, 0.2) is 36.9 Å². The van der Waals surface area contributed by atoms with Gasteiger partial charge in [0.2, 0.25) is 5.91 Å². The Morgan fingerprint density at radius 1 is 1.40 bits per heavy atom. The first kappa shape index (κ1) is 15.9. The van der Waals surface area contributed by atoms with Crippen molar-refractivity contribution in [2.24, 2.45) is 5.73 Å². The zero-order valence-corrected chi connectivity index (χ0v) is 11.4. The highest BCUT2D eigenvalue weighted by atomic mass is 16.5. The number of carbonyl (C=O) groups is 2. The van der Waals surface area contributed by atoms with Gasteiger partial charge in [-0.2, -0.15) is 0 Å². The molecule has 1 unspecified atom stereocenters. The molecule has 1 aromatic carbocycles. The first-order valence-corrected chi connectivity index (χ1v) is 6.13. The summed E-state index contributed by atoms with van der Waals surface area (Å²) in [4.78, 5) is 23.3. The summed E-state index contributed by atoms with van der Waals surface area (Å²) < 4.78 is 4.80. The molecule has 0 saturated heterocycles. The van der Waals surface area contributed by atoms with E-state index in [-0.39, 0.29) is 18.4 Å². The summed E-state index contributed by atoms with van der Waals surface area (Å²) in [6.07, 6.45) is 1.60. The molecule has 108 valence electrons. The molecule has 1 aromatic rings. The standard InChI is InChI=1S/C14H19N3O3/c1-3-8-16-13(18)10-4-6-11(7-5-10)17-14(19)12(15)9-20-2/h3-7,12H,1,8-9,15H2,2H3,(H,16,18)(H,17,19). The van der Waals surface area contributed by atoms with Gasteiger partial charge >= 0.3 is 0 Å². The van der Waals surface area contributed by atoms with Crippen molar-refractivity contribution >= 4 is 17.5 Å². The second-order valence-electron chi connectivity index (χ2n) is 4.13. The molecule has 2 amide bonds. The predicted molar refractivity (Wildman–Crippen MR) is 77.5 cm³/mol. The van der Waals surface area contributed by atoms with Crippen molar-refractivity contribution in [2.75, 3.05) is 25.6 Å². The predicted octanol–water partition coefficient (Wildman–Crippen LogP) is 0.515. The van der Waals surface area contributed by atoms with Crippen LogP contribution in [-0.4, -0.2) is 38.1 Å². The van der Waals surface area contributed by atoms with Gasteiger partial charge in [-0.05, 0) is 24.3 Å². The summed E-state index contributed by atoms with van der Waals surface area (Å²) in [5.41, 5.74) is 6.67. The van der Waals surface area contributed by atoms with Gasteiger partial charge in [0.05, 0.1) is 6.61 Å². The van der Waals surface area contributed by atoms with Crippen LogP contribution in [0, 0.1) is 0 Å². The van der Waals surface area contributed by atoms with E-state index in [1.807, 2.05) is 0 Å². The second kappa shape index (κ2) is 8.08. The molecule has 0 saturated carbocycles. The van der Waals surface area contributed by atoms with Crippen LogP contribution in [0.3, 0.4) is 0 Å². The van der Waals surface area contributed by atoms with E-state index >= 15 is 0 Å². The van der Waals surface area contributed by atoms with Crippen molar-refractivity contribution < 1.29 is 14.3 Å². The van der Waals surface area contributed by atoms with Crippen LogP contribution in [0.4, 0.5) is 5.69 Å². The van der Waals surface area contributed by atoms with Crippen LogP contribution in [-0.2, 0) is 9.53 Å². The van der Waals surface area contributed by atoms with Crippen LogP contribution in [0.25, 0.3) is 0 Å². The second-order valence-corrected chi connectivity index (χ2v) is 4.13. The van der Waals surface area contributed by atoms with E-state index in [2.05, 4.69) is 17.2 Å². The average molecular weight is 277 g/mol. The van der Waals surface area contributed by atoms with Crippen LogP contribution >= 0.6 is 0 Å². The Morgan fingerprint density at radius 3 is 2.60 bits per heavy atom. The topological polar surface area (TPSA) is 93.5 Å². The van der Waals surface area contributed by atoms with E-state index in [1.54, 1.807) is 30.3 Å². The molecule has 0 aliphatic carbocycles. The quantitative estimate of drug-likeness (QED) is 0.633. The zero-order chi connectivity index (χ0) is 15.0. The Labute approximate surface area is 118 Å². The lowest BCUT2D eigenvalue weighted by Gasteiger charge is -2.11. The summed E-state index contributed by atoms with van der Waals surface area (Å²) in [6.45, 7) is 4.07. The largest absolute Gasteiger partial charge is 0.383 e. The fourth-order valence-electron chi connectivity index (χ4n) is 1.46. The number of methoxy groups -OCH3 is 1. The molecule has 0 fully saturated rings. The molecule has 0 spiro atoms. The van der Waals surface area contributed by atoms with Gasteiger partial charge in [0.15, 0.2) is 0 Å². The van der Waals surface area contributed by atoms with Crippen LogP contribution in [0.5, 0.6) is 0 Å². The third-order valence-electron chi connectivity index (χ3n) is 2.50. The van der Waals surface area contributed by atoms with Crippen LogP contribution in [0.1, 0.15) is 10.4 Å². The van der Waals surface area contributed by atoms with Gasteiger partial charge in [-0.25, -0.2) is 0 Å². The lowest BCUT2D eigenvalue weighted by molar-refractivity contribution is -0.118. The maximum Gasteiger partial charge on any atom is 0.251 e. The molecule has 0 heterocycles. The van der Waals surface area contributed by atoms with Crippen molar-refractivity contribution in [3.63, 3.8) is 0 Å². The molecule has 0 bridgehead atoms. The van der Waals surface area contributed by atoms with Gasteiger partial charge in [0, 0.05) is 24.9 Å². The fraction of sp³-hybridized carbons (Fsp3) is 0.286. The highest BCUT2D eigenvalue weighted by molar-refractivity contribution is 5.97. The molecular weight excluding hydrogens is 258 g/mol. The first-order chi connectivity index (χ1) is 9.58. The minimum absolute atomic E-state index is 0.147. The van der Waals surface area contributed by atoms with E-state index in [9.17, 15) is 9.59 Å². The number of ether oxygens (including phenoxy) is 1. The summed E-state index contributed by atoms with van der Waals surface area (Å²) in [5.74, 6) is -0.533. The number of hydrogen-bond acceptors (Lipinski definition) is 4. The Balaban J connectivity index is 2.60. The maximum atomic E-state index is 11.7. The highest BCUT2D eigenvalue weighted by Gasteiger charge is 2.13. The smallest absolute Gasteiger partial charge is 0.251 e. The van der Waals surface area contributed by atoms with Gasteiger partial charge in [-0.3, -0.25) is 9.59 Å². The number of rotatable bonds is 7. The zero-order valence-electron chi connectivity index (χ0n) is 11.4. The molecule has 0 aliphatic rings. The summed E-state index contributed by atoms with van der Waals surface area (Å²) in [7, 11) is 1.48. The SMILES string of the molecule is C=CCNC(=O)c1ccc(NC(=O)C(N)COC)cc1. The molecule has 0 aromatic heterocycles. The third kappa shape index (κ3) is 4.83. The Kier molecular flexibility index (Phi) is 6.42. The highest BCUT2D eigenvalue weighted by Crippen LogP contribution is 2.09. The number of nitrogens with one attached hydrogen (secondary N) is 2. The maximum absolute atomic E-state index is 11.7. The van der Waals surface area contributed by atoms with Gasteiger partial charge in [-0.1, -0.05) is 6.08 Å². The third-order valence-corrected chi connectivity index (χ3v) is 2.50. The summed E-state index contributed by atoms with van der Waals surface area (Å²) in [5, 5.41) is 5.31. The Hall–Kier alpha value is -2.18. The molecule has 1 atom stereocenters. The average Bonchev–Trinajstić information content (AvgIpc) is 2.45. The summed E-state index contributed by atoms with van der Waals surface area (Å²) >= 11 is 0. The number of amides is 2. The molecule has 0 aliphatic heterocycles. The van der Waals surface area contributed by atoms with Crippen LogP contribution in [0.2, 0.25) is 0 Å². The molecule has 6 nitrogen and oxygen atoms in total. The first-order valence-electron chi connectivity index (χ1n) is 6.13. The fourth-order valence-corrected chi connectivity index (χ4v) is 1.46. The Bertz CT molecular complexity index is 471. The number of nitrogens with two attached hydrogens (primary N) is 1. The van der Waals surface area contributed by atoms with Gasteiger partial charge in [-0.15, -0.1) is 6.58 Å². The lowest BCUT2D eigenvalue weighted by atomic mass is 10.2. The van der Waals surface area contributed by atoms with E-state index in [0.717, 1.165) is 0 Å². The van der Waals surface area contributed by atoms with Crippen molar-refractivity contribution in [1.29, 1.82) is 0 Å². The Morgan fingerprint density at radius 2 is 2.05 bits per heavy atom. The van der Waals surface area contributed by atoms with E-state index < -0.39 is 6.04 Å². The molecule has 4 N–H and O–H groups in total. The van der Waals surface area contributed by atoms with Gasteiger partial charge in [0.25, 0.3) is 5.91 Å². The van der Waals surface area contributed by atoms with E-state index in [0.29, 0.717) is 17.8 Å². The van der Waals surface area contributed by atoms with Crippen molar-refractivity contribution in [1.82, 2.24) is 5.32 Å². The van der Waals surface area contributed by atoms with E-state index in [4.69, 9.17) is 10.5 Å².